The number of alkyl carbamates (subject to hydrolysis) is 1. The maximum atomic E-state index is 14.1. The molecule has 6 N–H and O–H groups in total. The fraction of sp³-hybridized carbons (Fsp3) is 0.540. The Labute approximate surface area is 388 Å². The number of amides is 4. The normalized spacial score (nSPS) is 15.8. The van der Waals surface area contributed by atoms with Gasteiger partial charge in [0, 0.05) is 91.3 Å². The minimum atomic E-state index is -0.946. The zero-order valence-corrected chi connectivity index (χ0v) is 39.9. The summed E-state index contributed by atoms with van der Waals surface area (Å²) in [7, 11) is 0. The molecular formula is C50H68N10O6. The summed E-state index contributed by atoms with van der Waals surface area (Å²) in [5.74, 6) is -0.490. The number of fused-ring (bicyclic) bond motifs is 4. The van der Waals surface area contributed by atoms with Gasteiger partial charge in [-0.25, -0.2) is 9.78 Å². The molecule has 1 aliphatic heterocycles. The molecule has 354 valence electrons. The van der Waals surface area contributed by atoms with Crippen LogP contribution in [0.3, 0.4) is 0 Å². The smallest absolute Gasteiger partial charge is 0.408 e. The Bertz CT molecular complexity index is 2470. The number of benzene rings is 2. The van der Waals surface area contributed by atoms with Gasteiger partial charge in [-0.2, -0.15) is 5.26 Å². The van der Waals surface area contributed by atoms with E-state index in [0.29, 0.717) is 94.0 Å². The van der Waals surface area contributed by atoms with E-state index >= 15 is 0 Å². The van der Waals surface area contributed by atoms with Crippen LogP contribution in [0.2, 0.25) is 0 Å². The summed E-state index contributed by atoms with van der Waals surface area (Å²) in [6.07, 6.45) is 7.32. The number of aryl methyl sites for hydroxylation is 2. The van der Waals surface area contributed by atoms with Gasteiger partial charge in [-0.15, -0.1) is 0 Å². The van der Waals surface area contributed by atoms with Crippen LogP contribution in [0.15, 0.2) is 42.7 Å². The average molecular weight is 905 g/mol. The highest BCUT2D eigenvalue weighted by Gasteiger charge is 2.41. The van der Waals surface area contributed by atoms with Crippen LogP contribution in [-0.4, -0.2) is 99.4 Å². The third-order valence-corrected chi connectivity index (χ3v) is 13.1. The van der Waals surface area contributed by atoms with Crippen LogP contribution < -0.4 is 26.6 Å². The van der Waals surface area contributed by atoms with E-state index in [1.165, 1.54) is 0 Å². The summed E-state index contributed by atoms with van der Waals surface area (Å²) >= 11 is 0. The van der Waals surface area contributed by atoms with Crippen LogP contribution in [-0.2, 0) is 37.5 Å². The fourth-order valence-corrected chi connectivity index (χ4v) is 9.08. The van der Waals surface area contributed by atoms with Gasteiger partial charge < -0.3 is 45.8 Å². The number of nitriles is 1. The number of imidazole rings is 1. The summed E-state index contributed by atoms with van der Waals surface area (Å²) in [6, 6.07) is 10.1. The maximum absolute atomic E-state index is 14.1. The zero-order valence-electron chi connectivity index (χ0n) is 39.9. The van der Waals surface area contributed by atoms with Crippen molar-refractivity contribution in [1.82, 2.24) is 35.4 Å². The van der Waals surface area contributed by atoms with Crippen molar-refractivity contribution >= 4 is 52.1 Å². The molecule has 2 aliphatic rings. The standard InChI is InChI=1S/C50H68N10O6/c1-9-31(3)42(57-45(63)37(56-48(65)66-49(4,5)6)15-14-21-60-22-20-54-47(60)52)46(64)53-19-13-11-12-16-40(61)59-25-23-58(24-26-59)39-29-36-35(28-33(39)10-2)43(62)41-34-18-17-32(30-51)27-38(34)55-44(41)50(36,7)8/h17-18,20,22,27-29,31,37,42,55H,9-16,19,21,23-26H2,1-8H3,(H2,52,54)(H,53,64)(H,56,65)(H,57,63)/t31-,37-,42-/m0/s1. The van der Waals surface area contributed by atoms with Crippen LogP contribution in [0, 0.1) is 17.2 Å². The van der Waals surface area contributed by atoms with Gasteiger partial charge in [-0.05, 0) is 94.2 Å². The summed E-state index contributed by atoms with van der Waals surface area (Å²) in [5.41, 5.74) is 11.4. The van der Waals surface area contributed by atoms with E-state index in [-0.39, 0.29) is 29.9 Å². The number of carbonyl (C=O) groups is 5. The van der Waals surface area contributed by atoms with Gasteiger partial charge in [0.05, 0.1) is 17.2 Å². The number of nitrogens with one attached hydrogen (secondary N) is 4. The molecule has 2 aromatic carbocycles. The number of hydrogen-bond acceptors (Lipinski definition) is 10. The van der Waals surface area contributed by atoms with Crippen LogP contribution in [0.5, 0.6) is 0 Å². The van der Waals surface area contributed by atoms with Crippen LogP contribution in [0.4, 0.5) is 16.4 Å². The number of ether oxygens (including phenoxy) is 1. The van der Waals surface area contributed by atoms with Gasteiger partial charge >= 0.3 is 6.09 Å². The zero-order chi connectivity index (χ0) is 47.9. The molecule has 0 radical (unpaired) electrons. The monoisotopic (exact) mass is 905 g/mol. The first-order valence-electron chi connectivity index (χ1n) is 23.5. The molecule has 1 aliphatic carbocycles. The summed E-state index contributed by atoms with van der Waals surface area (Å²) in [6.45, 7) is 18.9. The van der Waals surface area contributed by atoms with Gasteiger partial charge in [-0.3, -0.25) is 19.2 Å². The number of ketones is 1. The number of carbonyl (C=O) groups excluding carboxylic acids is 5. The number of anilines is 2. The Morgan fingerprint density at radius 1 is 1.00 bits per heavy atom. The van der Waals surface area contributed by atoms with Gasteiger partial charge in [0.15, 0.2) is 11.7 Å². The quantitative estimate of drug-likeness (QED) is 0.0684. The molecule has 16 heteroatoms. The number of aromatic nitrogens is 3. The van der Waals surface area contributed by atoms with Crippen molar-refractivity contribution < 1.29 is 28.7 Å². The number of hydrogen-bond donors (Lipinski definition) is 5. The highest BCUT2D eigenvalue weighted by atomic mass is 16.6. The lowest BCUT2D eigenvalue weighted by atomic mass is 9.70. The summed E-state index contributed by atoms with van der Waals surface area (Å²) < 4.78 is 7.19. The van der Waals surface area contributed by atoms with Crippen molar-refractivity contribution in [2.24, 2.45) is 5.92 Å². The first kappa shape index (κ1) is 49.1. The SMILES string of the molecule is CCc1cc2c(cc1N1CCN(C(=O)CCCCCNC(=O)[C@@H](NC(=O)[C@H](CCCn3ccnc3N)NC(=O)OC(C)(C)C)[C@@H](C)CC)CC1)C(C)(C)c1[nH]c3cc(C#N)ccc3c1C2=O. The van der Waals surface area contributed by atoms with E-state index in [2.05, 4.69) is 69.8 Å². The number of nitrogen functional groups attached to an aromatic ring is 1. The Balaban J connectivity index is 0.974. The highest BCUT2D eigenvalue weighted by molar-refractivity contribution is 6.20. The topological polar surface area (TPSA) is 221 Å². The second-order valence-electron chi connectivity index (χ2n) is 19.2. The largest absolute Gasteiger partial charge is 0.444 e. The van der Waals surface area contributed by atoms with E-state index in [0.717, 1.165) is 46.3 Å². The summed E-state index contributed by atoms with van der Waals surface area (Å²) in [4.78, 5) is 79.2. The second kappa shape index (κ2) is 20.9. The molecule has 1 saturated heterocycles. The maximum Gasteiger partial charge on any atom is 0.408 e. The van der Waals surface area contributed by atoms with Gasteiger partial charge in [0.1, 0.15) is 17.7 Å². The Morgan fingerprint density at radius 3 is 2.39 bits per heavy atom. The predicted molar refractivity (Wildman–Crippen MR) is 255 cm³/mol. The lowest BCUT2D eigenvalue weighted by Crippen LogP contribution is -2.56. The fourth-order valence-electron chi connectivity index (χ4n) is 9.08. The molecule has 66 heavy (non-hydrogen) atoms. The van der Waals surface area contributed by atoms with Gasteiger partial charge in [0.25, 0.3) is 0 Å². The van der Waals surface area contributed by atoms with E-state index < -0.39 is 35.1 Å². The van der Waals surface area contributed by atoms with Crippen molar-refractivity contribution in [3.8, 4) is 6.07 Å². The van der Waals surface area contributed by atoms with Gasteiger partial charge in [0.2, 0.25) is 17.7 Å². The Morgan fingerprint density at radius 2 is 1.74 bits per heavy atom. The second-order valence-corrected chi connectivity index (χ2v) is 19.2. The number of aromatic amines is 1. The van der Waals surface area contributed by atoms with Crippen molar-refractivity contribution in [2.45, 2.75) is 136 Å². The van der Waals surface area contributed by atoms with Crippen molar-refractivity contribution in [3.63, 3.8) is 0 Å². The van der Waals surface area contributed by atoms with E-state index in [4.69, 9.17) is 10.5 Å². The van der Waals surface area contributed by atoms with E-state index in [1.54, 1.807) is 49.9 Å². The minimum Gasteiger partial charge on any atom is -0.444 e. The number of nitrogens with two attached hydrogens (primary N) is 1. The van der Waals surface area contributed by atoms with Crippen LogP contribution >= 0.6 is 0 Å². The minimum absolute atomic E-state index is 0.00551. The number of unbranched alkanes of at least 4 members (excludes halogenated alkanes) is 2. The summed E-state index contributed by atoms with van der Waals surface area (Å²) in [5, 5.41) is 18.9. The lowest BCUT2D eigenvalue weighted by Gasteiger charge is -2.39. The van der Waals surface area contributed by atoms with E-state index in [9.17, 15) is 29.2 Å². The molecule has 1 fully saturated rings. The molecule has 6 rings (SSSR count). The molecule has 16 nitrogen and oxygen atoms in total. The van der Waals surface area contributed by atoms with Crippen LogP contribution in [0.1, 0.15) is 139 Å². The Kier molecular flexibility index (Phi) is 15.5. The third kappa shape index (κ3) is 11.2. The molecule has 0 spiro atoms. The molecular weight excluding hydrogens is 837 g/mol. The predicted octanol–water partition coefficient (Wildman–Crippen LogP) is 6.48. The molecule has 2 aromatic heterocycles. The van der Waals surface area contributed by atoms with Crippen molar-refractivity contribution in [3.05, 3.63) is 76.2 Å². The lowest BCUT2D eigenvalue weighted by molar-refractivity contribution is -0.131. The molecule has 0 saturated carbocycles. The van der Waals surface area contributed by atoms with Crippen molar-refractivity contribution in [1.29, 1.82) is 5.26 Å². The number of piperazine rings is 1. The molecule has 0 unspecified atom stereocenters. The van der Waals surface area contributed by atoms with E-state index in [1.807, 2.05) is 24.8 Å². The van der Waals surface area contributed by atoms with Gasteiger partial charge in [-0.1, -0.05) is 53.5 Å². The molecule has 3 atom stereocenters. The number of nitrogens with zero attached hydrogens (tertiary/aromatic N) is 5. The van der Waals surface area contributed by atoms with Crippen LogP contribution in [0.25, 0.3) is 10.9 Å². The number of rotatable bonds is 18. The molecule has 0 bridgehead atoms. The number of H-pyrrole nitrogens is 1. The first-order chi connectivity index (χ1) is 31.4. The van der Waals surface area contributed by atoms with Crippen molar-refractivity contribution in [2.75, 3.05) is 43.4 Å². The highest BCUT2D eigenvalue weighted by Crippen LogP contribution is 2.46. The average Bonchev–Trinajstić information content (AvgIpc) is 3.89. The molecule has 4 aromatic rings. The first-order valence-corrected chi connectivity index (χ1v) is 23.5. The molecule has 4 amide bonds. The Hall–Kier alpha value is -6.37. The molecule has 3 heterocycles. The third-order valence-electron chi connectivity index (χ3n) is 13.1.